The number of unbranched alkanes of at least 4 members (excludes halogenated alkanes) is 5. The van der Waals surface area contributed by atoms with Gasteiger partial charge in [-0.1, -0.05) is 77.1 Å². The van der Waals surface area contributed by atoms with E-state index in [-0.39, 0.29) is 11.3 Å². The van der Waals surface area contributed by atoms with E-state index < -0.39 is 0 Å². The van der Waals surface area contributed by atoms with Gasteiger partial charge < -0.3 is 9.64 Å². The average molecular weight is 681 g/mol. The largest absolute Gasteiger partial charge is 0.496 e. The lowest BCUT2D eigenvalue weighted by Crippen LogP contribution is -2.10. The summed E-state index contributed by atoms with van der Waals surface area (Å²) >= 11 is 1.45. The van der Waals surface area contributed by atoms with Gasteiger partial charge in [-0.05, 0) is 110 Å². The summed E-state index contributed by atoms with van der Waals surface area (Å²) in [6, 6.07) is 30.0. The number of aryl methyl sites for hydroxylation is 3. The fourth-order valence-corrected chi connectivity index (χ4v) is 7.10. The lowest BCUT2D eigenvalue weighted by Gasteiger charge is -2.26. The molecular formula is C44H48N4OS. The average Bonchev–Trinajstić information content (AvgIpc) is 3.56. The Bertz CT molecular complexity index is 1810. The molecule has 0 atom stereocenters. The van der Waals surface area contributed by atoms with Crippen molar-refractivity contribution >= 4 is 46.2 Å². The van der Waals surface area contributed by atoms with Gasteiger partial charge in [0.25, 0.3) is 0 Å². The second-order valence-electron chi connectivity index (χ2n) is 12.5. The summed E-state index contributed by atoms with van der Waals surface area (Å²) < 4.78 is 5.95. The molecule has 0 aliphatic carbocycles. The highest BCUT2D eigenvalue weighted by atomic mass is 32.1. The van der Waals surface area contributed by atoms with E-state index in [0.29, 0.717) is 4.88 Å². The third kappa shape index (κ3) is 9.98. The van der Waals surface area contributed by atoms with Crippen molar-refractivity contribution in [1.29, 1.82) is 10.5 Å². The lowest BCUT2D eigenvalue weighted by atomic mass is 10.0. The smallest absolute Gasteiger partial charge is 0.232 e. The lowest BCUT2D eigenvalue weighted by molar-refractivity contribution is 0.414. The number of methoxy groups -OCH3 is 1. The van der Waals surface area contributed by atoms with E-state index in [4.69, 9.17) is 11.3 Å². The van der Waals surface area contributed by atoms with Crippen molar-refractivity contribution < 1.29 is 4.74 Å². The molecule has 256 valence electrons. The molecule has 4 rings (SSSR count). The number of anilines is 3. The van der Waals surface area contributed by atoms with Crippen LogP contribution in [-0.2, 0) is 19.3 Å². The van der Waals surface area contributed by atoms with E-state index in [9.17, 15) is 10.5 Å². The zero-order chi connectivity index (χ0) is 35.7. The molecule has 0 spiro atoms. The Balaban J connectivity index is 1.70. The van der Waals surface area contributed by atoms with Crippen LogP contribution in [0.3, 0.4) is 0 Å². The van der Waals surface area contributed by atoms with Gasteiger partial charge >= 0.3 is 0 Å². The van der Waals surface area contributed by atoms with Crippen molar-refractivity contribution in [3.63, 3.8) is 0 Å². The summed E-state index contributed by atoms with van der Waals surface area (Å²) in [5.74, 6) is 0.748. The van der Waals surface area contributed by atoms with Crippen molar-refractivity contribution in [3.8, 4) is 17.9 Å². The normalized spacial score (nSPS) is 10.7. The molecule has 0 N–H and O–H groups in total. The van der Waals surface area contributed by atoms with Gasteiger partial charge in [0.2, 0.25) is 5.70 Å². The van der Waals surface area contributed by atoms with Crippen LogP contribution in [-0.4, -0.2) is 7.11 Å². The molecule has 0 aliphatic heterocycles. The topological polar surface area (TPSA) is 64.4 Å². The number of hydrogen-bond acceptors (Lipinski definition) is 5. The van der Waals surface area contributed by atoms with Crippen LogP contribution < -0.4 is 9.64 Å². The second kappa shape index (κ2) is 19.8. The van der Waals surface area contributed by atoms with Gasteiger partial charge in [0.15, 0.2) is 0 Å². The summed E-state index contributed by atoms with van der Waals surface area (Å²) in [7, 11) is 1.70. The fourth-order valence-electron chi connectivity index (χ4n) is 5.99. The molecule has 0 saturated carbocycles. The minimum atomic E-state index is -0.139. The Hall–Kier alpha value is -5.09. The summed E-state index contributed by atoms with van der Waals surface area (Å²) in [5.41, 5.74) is 7.82. The minimum Gasteiger partial charge on any atom is -0.496 e. The fraction of sp³-hybridized carbons (Fsp3) is 0.341. The van der Waals surface area contributed by atoms with E-state index in [1.165, 1.54) is 48.1 Å². The monoisotopic (exact) mass is 680 g/mol. The Kier molecular flexibility index (Phi) is 14.9. The van der Waals surface area contributed by atoms with E-state index in [2.05, 4.69) is 103 Å². The van der Waals surface area contributed by atoms with Crippen LogP contribution in [0.2, 0.25) is 0 Å². The maximum Gasteiger partial charge on any atom is 0.232 e. The number of nitriles is 2. The third-order valence-corrected chi connectivity index (χ3v) is 9.99. The molecule has 0 unspecified atom stereocenters. The molecule has 0 bridgehead atoms. The van der Waals surface area contributed by atoms with E-state index in [1.54, 1.807) is 7.11 Å². The first-order chi connectivity index (χ1) is 24.5. The van der Waals surface area contributed by atoms with Gasteiger partial charge in [-0.15, -0.1) is 11.3 Å². The van der Waals surface area contributed by atoms with Crippen molar-refractivity contribution in [3.05, 3.63) is 122 Å². The molecule has 0 amide bonds. The van der Waals surface area contributed by atoms with Gasteiger partial charge in [-0.25, -0.2) is 4.85 Å². The zero-order valence-electron chi connectivity index (χ0n) is 30.0. The molecule has 1 aromatic heterocycles. The maximum absolute atomic E-state index is 9.54. The molecule has 50 heavy (non-hydrogen) atoms. The minimum absolute atomic E-state index is 0.139. The Labute approximate surface area is 303 Å². The summed E-state index contributed by atoms with van der Waals surface area (Å²) in [6.07, 6.45) is 16.1. The molecular weight excluding hydrogens is 633 g/mol. The molecule has 5 nitrogen and oxygen atoms in total. The quantitative estimate of drug-likeness (QED) is 0.0596. The van der Waals surface area contributed by atoms with Gasteiger partial charge in [0.05, 0.1) is 25.8 Å². The van der Waals surface area contributed by atoms with Crippen LogP contribution in [0.25, 0.3) is 22.7 Å². The first-order valence-corrected chi connectivity index (χ1v) is 18.7. The molecule has 3 aromatic carbocycles. The number of benzene rings is 3. The number of rotatable bonds is 18. The Morgan fingerprint density at radius 1 is 0.740 bits per heavy atom. The molecule has 0 fully saturated rings. The Morgan fingerprint density at radius 3 is 1.84 bits per heavy atom. The number of hydrogen-bond donors (Lipinski definition) is 0. The highest BCUT2D eigenvalue weighted by Gasteiger charge is 2.18. The predicted molar refractivity (Wildman–Crippen MR) is 211 cm³/mol. The van der Waals surface area contributed by atoms with Gasteiger partial charge in [-0.2, -0.15) is 10.5 Å². The van der Waals surface area contributed by atoms with Gasteiger partial charge in [0.1, 0.15) is 11.3 Å². The first-order valence-electron chi connectivity index (χ1n) is 17.9. The molecule has 0 saturated heterocycles. The van der Waals surface area contributed by atoms with Crippen LogP contribution in [0.5, 0.6) is 5.75 Å². The summed E-state index contributed by atoms with van der Waals surface area (Å²) in [4.78, 5) is 7.58. The number of ether oxygens (including phenoxy) is 1. The van der Waals surface area contributed by atoms with Crippen molar-refractivity contribution in [2.45, 2.75) is 91.4 Å². The van der Waals surface area contributed by atoms with Crippen molar-refractivity contribution in [1.82, 2.24) is 0 Å². The van der Waals surface area contributed by atoms with E-state index in [1.807, 2.05) is 24.3 Å². The molecule has 1 heterocycles. The number of allylic oxidation sites excluding steroid dienone is 1. The van der Waals surface area contributed by atoms with Crippen LogP contribution in [0.4, 0.5) is 17.1 Å². The third-order valence-electron chi connectivity index (χ3n) is 8.84. The SMILES string of the molecule is [C-]#[N+]C(=C(C#N)C#N)c1sc(C=Cc2ccc(N(c3ccc(CCCC)cc3)c3ccc(CCCC)cc3)cc2OC)cc1CCCCCC. The van der Waals surface area contributed by atoms with Crippen molar-refractivity contribution in [2.24, 2.45) is 0 Å². The molecule has 6 heteroatoms. The van der Waals surface area contributed by atoms with Gasteiger partial charge in [0, 0.05) is 38.4 Å². The summed E-state index contributed by atoms with van der Waals surface area (Å²) in [6.45, 7) is 14.4. The zero-order valence-corrected chi connectivity index (χ0v) is 30.8. The number of thiophene rings is 1. The van der Waals surface area contributed by atoms with Crippen LogP contribution >= 0.6 is 11.3 Å². The second-order valence-corrected chi connectivity index (χ2v) is 13.6. The highest BCUT2D eigenvalue weighted by Crippen LogP contribution is 2.39. The molecule has 0 aliphatic rings. The van der Waals surface area contributed by atoms with E-state index >= 15 is 0 Å². The van der Waals surface area contributed by atoms with E-state index in [0.717, 1.165) is 83.8 Å². The first kappa shape index (κ1) is 37.7. The highest BCUT2D eigenvalue weighted by molar-refractivity contribution is 7.14. The maximum atomic E-state index is 9.54. The molecule has 4 aromatic rings. The van der Waals surface area contributed by atoms with Crippen LogP contribution in [0.15, 0.2) is 78.4 Å². The summed E-state index contributed by atoms with van der Waals surface area (Å²) in [5, 5.41) is 19.1. The van der Waals surface area contributed by atoms with Crippen LogP contribution in [0.1, 0.15) is 104 Å². The van der Waals surface area contributed by atoms with Crippen LogP contribution in [0, 0.1) is 29.2 Å². The standard InChI is InChI=1S/C44H48N4OS/c1-6-9-12-13-16-36-29-41(50-44(36)43(47-4)37(31-45)32-46)28-22-35-21-27-40(30-42(35)49-5)48(38-23-17-33(18-24-38)14-10-7-2)39-25-19-34(20-26-39)15-11-8-3/h17-30H,6-16H2,1-3,5H3. The molecule has 0 radical (unpaired) electrons. The number of nitrogens with zero attached hydrogens (tertiary/aromatic N) is 4. The Morgan fingerprint density at radius 2 is 1.32 bits per heavy atom. The predicted octanol–water partition coefficient (Wildman–Crippen LogP) is 12.9. The van der Waals surface area contributed by atoms with Gasteiger partial charge in [-0.3, -0.25) is 0 Å². The van der Waals surface area contributed by atoms with Crippen molar-refractivity contribution in [2.75, 3.05) is 12.0 Å².